The number of hydrogen-bond donors (Lipinski definition) is 2. The molecule has 2 unspecified atom stereocenters. The molecule has 2 heterocycles. The minimum absolute atomic E-state index is 0.179. The highest BCUT2D eigenvalue weighted by atomic mass is 16.7. The van der Waals surface area contributed by atoms with Crippen LogP contribution in [0, 0.1) is 5.92 Å². The van der Waals surface area contributed by atoms with Gasteiger partial charge in [0.1, 0.15) is 0 Å². The summed E-state index contributed by atoms with van der Waals surface area (Å²) in [5.74, 6) is 1.78. The predicted octanol–water partition coefficient (Wildman–Crippen LogP) is 3.97. The van der Waals surface area contributed by atoms with E-state index in [0.29, 0.717) is 12.6 Å². The molecule has 4 rings (SSSR count). The number of amides is 2. The fourth-order valence-electron chi connectivity index (χ4n) is 4.46. The highest BCUT2D eigenvalue weighted by Gasteiger charge is 2.44. The van der Waals surface area contributed by atoms with Crippen LogP contribution < -0.4 is 20.1 Å². The number of urea groups is 1. The molecule has 3 aliphatic rings. The number of likely N-dealkylation sites (tertiary alicyclic amines) is 1. The lowest BCUT2D eigenvalue weighted by molar-refractivity contribution is -0.0716. The van der Waals surface area contributed by atoms with Crippen LogP contribution in [0.2, 0.25) is 0 Å². The van der Waals surface area contributed by atoms with Gasteiger partial charge in [-0.3, -0.25) is 4.90 Å². The molecular formula is C21H31N3O3. The van der Waals surface area contributed by atoms with Gasteiger partial charge in [0.05, 0.1) is 0 Å². The lowest BCUT2D eigenvalue weighted by atomic mass is 9.99. The van der Waals surface area contributed by atoms with Gasteiger partial charge in [-0.15, -0.1) is 0 Å². The summed E-state index contributed by atoms with van der Waals surface area (Å²) >= 11 is 0. The van der Waals surface area contributed by atoms with Gasteiger partial charge in [-0.2, -0.15) is 0 Å². The molecule has 2 N–H and O–H groups in total. The first-order chi connectivity index (χ1) is 13.0. The number of nitrogens with one attached hydrogen (secondary N) is 2. The Morgan fingerprint density at radius 2 is 2.04 bits per heavy atom. The molecule has 2 fully saturated rings. The van der Waals surface area contributed by atoms with E-state index in [9.17, 15) is 4.79 Å². The minimum Gasteiger partial charge on any atom is -0.448 e. The lowest BCUT2D eigenvalue weighted by Gasteiger charge is -2.35. The van der Waals surface area contributed by atoms with Gasteiger partial charge < -0.3 is 20.1 Å². The molecule has 2 amide bonds. The average molecular weight is 373 g/mol. The normalized spacial score (nSPS) is 24.7. The third-order valence-corrected chi connectivity index (χ3v) is 6.03. The number of benzene rings is 1. The summed E-state index contributed by atoms with van der Waals surface area (Å²) in [6.45, 7) is 7.37. The van der Waals surface area contributed by atoms with Crippen molar-refractivity contribution in [1.29, 1.82) is 0 Å². The molecule has 2 aliphatic heterocycles. The Balaban J connectivity index is 1.28. The Bertz CT molecular complexity index is 687. The molecule has 0 aromatic heterocycles. The second-order valence-corrected chi connectivity index (χ2v) is 8.41. The van der Waals surface area contributed by atoms with E-state index in [0.717, 1.165) is 61.9 Å². The highest BCUT2D eigenvalue weighted by Crippen LogP contribution is 2.47. The summed E-state index contributed by atoms with van der Waals surface area (Å²) in [6.07, 6.45) is 6.68. The first-order valence-corrected chi connectivity index (χ1v) is 10.3. The Kier molecular flexibility index (Phi) is 5.17. The van der Waals surface area contributed by atoms with E-state index in [2.05, 4.69) is 29.4 Å². The van der Waals surface area contributed by atoms with Crippen molar-refractivity contribution in [2.75, 3.05) is 25.0 Å². The van der Waals surface area contributed by atoms with Gasteiger partial charge in [0.2, 0.25) is 0 Å². The Morgan fingerprint density at radius 1 is 1.26 bits per heavy atom. The molecule has 1 aromatic carbocycles. The largest absolute Gasteiger partial charge is 0.448 e. The summed E-state index contributed by atoms with van der Waals surface area (Å²) in [5.41, 5.74) is 0.726. The number of ether oxygens (including phenoxy) is 2. The van der Waals surface area contributed by atoms with E-state index >= 15 is 0 Å². The first kappa shape index (κ1) is 18.4. The second-order valence-electron chi connectivity index (χ2n) is 8.41. The number of carbonyl (C=O) groups is 1. The Morgan fingerprint density at radius 3 is 2.81 bits per heavy atom. The zero-order valence-electron chi connectivity index (χ0n) is 16.4. The monoisotopic (exact) mass is 373 g/mol. The number of anilines is 1. The van der Waals surface area contributed by atoms with Gasteiger partial charge in [0.25, 0.3) is 5.79 Å². The number of rotatable bonds is 4. The number of carbonyl (C=O) groups excluding carboxylic acids is 1. The van der Waals surface area contributed by atoms with Gasteiger partial charge in [-0.1, -0.05) is 6.92 Å². The van der Waals surface area contributed by atoms with Gasteiger partial charge in [0.15, 0.2) is 11.5 Å². The van der Waals surface area contributed by atoms with Gasteiger partial charge in [0, 0.05) is 43.7 Å². The van der Waals surface area contributed by atoms with Crippen molar-refractivity contribution >= 4 is 11.7 Å². The van der Waals surface area contributed by atoms with Crippen molar-refractivity contribution in [2.45, 2.75) is 64.2 Å². The third kappa shape index (κ3) is 4.15. The van der Waals surface area contributed by atoms with Gasteiger partial charge in [-0.05, 0) is 57.2 Å². The van der Waals surface area contributed by atoms with Crippen LogP contribution in [0.3, 0.4) is 0 Å². The predicted molar refractivity (Wildman–Crippen MR) is 105 cm³/mol. The maximum absolute atomic E-state index is 12.3. The Hall–Kier alpha value is -1.95. The van der Waals surface area contributed by atoms with Crippen molar-refractivity contribution < 1.29 is 14.3 Å². The second kappa shape index (κ2) is 7.58. The molecule has 2 atom stereocenters. The van der Waals surface area contributed by atoms with Crippen molar-refractivity contribution in [2.24, 2.45) is 5.92 Å². The van der Waals surface area contributed by atoms with E-state index in [-0.39, 0.29) is 6.03 Å². The number of fused-ring (bicyclic) bond motifs is 1. The smallest absolute Gasteiger partial charge is 0.319 e. The molecule has 6 heteroatoms. The molecule has 1 aromatic rings. The summed E-state index contributed by atoms with van der Waals surface area (Å²) in [6, 6.07) is 5.78. The summed E-state index contributed by atoms with van der Waals surface area (Å²) in [4.78, 5) is 14.8. The fraction of sp³-hybridized carbons (Fsp3) is 0.667. The fourth-order valence-corrected chi connectivity index (χ4v) is 4.46. The highest BCUT2D eigenvalue weighted by molar-refractivity contribution is 5.89. The lowest BCUT2D eigenvalue weighted by Crippen LogP contribution is -2.47. The van der Waals surface area contributed by atoms with Crippen LogP contribution >= 0.6 is 0 Å². The zero-order valence-corrected chi connectivity index (χ0v) is 16.4. The molecule has 1 aliphatic carbocycles. The van der Waals surface area contributed by atoms with E-state index in [4.69, 9.17) is 9.47 Å². The van der Waals surface area contributed by atoms with Gasteiger partial charge in [-0.25, -0.2) is 4.79 Å². The van der Waals surface area contributed by atoms with Crippen LogP contribution in [0.4, 0.5) is 10.5 Å². The topological polar surface area (TPSA) is 62.8 Å². The first-order valence-electron chi connectivity index (χ1n) is 10.3. The van der Waals surface area contributed by atoms with Crippen molar-refractivity contribution in [3.8, 4) is 11.5 Å². The number of nitrogens with zero attached hydrogens (tertiary/aromatic N) is 1. The van der Waals surface area contributed by atoms with Crippen molar-refractivity contribution in [3.05, 3.63) is 18.2 Å². The average Bonchev–Trinajstić information content (AvgIpc) is 3.25. The van der Waals surface area contributed by atoms with Crippen LogP contribution in [0.25, 0.3) is 0 Å². The maximum Gasteiger partial charge on any atom is 0.319 e. The SMILES string of the molecule is CC1CCCN(C(C)CNC(=O)Nc2ccc3c(c2)OC2(CCCC2)O3)C1. The summed E-state index contributed by atoms with van der Waals surface area (Å²) in [5, 5.41) is 5.91. The zero-order chi connectivity index (χ0) is 18.9. The van der Waals surface area contributed by atoms with Crippen LogP contribution in [-0.4, -0.2) is 42.4 Å². The van der Waals surface area contributed by atoms with E-state index in [1.54, 1.807) is 0 Å². The van der Waals surface area contributed by atoms with Crippen LogP contribution in [0.15, 0.2) is 18.2 Å². The van der Waals surface area contributed by atoms with Crippen molar-refractivity contribution in [1.82, 2.24) is 10.2 Å². The van der Waals surface area contributed by atoms with E-state index in [1.807, 2.05) is 18.2 Å². The molecule has 27 heavy (non-hydrogen) atoms. The van der Waals surface area contributed by atoms with E-state index in [1.165, 1.54) is 12.8 Å². The molecular weight excluding hydrogens is 342 g/mol. The minimum atomic E-state index is -0.468. The quantitative estimate of drug-likeness (QED) is 0.838. The molecule has 6 nitrogen and oxygen atoms in total. The molecule has 0 radical (unpaired) electrons. The van der Waals surface area contributed by atoms with Gasteiger partial charge >= 0.3 is 6.03 Å². The van der Waals surface area contributed by atoms with Crippen molar-refractivity contribution in [3.63, 3.8) is 0 Å². The molecule has 1 saturated heterocycles. The standard InChI is InChI=1S/C21H31N3O3/c1-15-6-5-11-24(14-15)16(2)13-22-20(25)23-17-7-8-18-19(12-17)27-21(26-18)9-3-4-10-21/h7-8,12,15-16H,3-6,9-11,13-14H2,1-2H3,(H2,22,23,25). The van der Waals surface area contributed by atoms with Crippen LogP contribution in [0.5, 0.6) is 11.5 Å². The van der Waals surface area contributed by atoms with Crippen LogP contribution in [0.1, 0.15) is 52.4 Å². The summed E-state index contributed by atoms with van der Waals surface area (Å²) < 4.78 is 12.1. The van der Waals surface area contributed by atoms with E-state index < -0.39 is 5.79 Å². The Labute approximate surface area is 161 Å². The number of hydrogen-bond acceptors (Lipinski definition) is 4. The molecule has 148 valence electrons. The molecule has 1 spiro atoms. The number of piperidine rings is 1. The van der Waals surface area contributed by atoms with Crippen LogP contribution in [-0.2, 0) is 0 Å². The third-order valence-electron chi connectivity index (χ3n) is 6.03. The molecule has 0 bridgehead atoms. The maximum atomic E-state index is 12.3. The summed E-state index contributed by atoms with van der Waals surface area (Å²) in [7, 11) is 0. The molecule has 1 saturated carbocycles.